The van der Waals surface area contributed by atoms with Gasteiger partial charge in [-0.3, -0.25) is 9.59 Å². The molecule has 7 heteroatoms. The molecule has 0 spiro atoms. The summed E-state index contributed by atoms with van der Waals surface area (Å²) in [5.74, 6) is 0.454. The van der Waals surface area contributed by atoms with Crippen LogP contribution in [0.15, 0.2) is 29.2 Å². The lowest BCUT2D eigenvalue weighted by Crippen LogP contribution is -2.46. The highest BCUT2D eigenvalue weighted by molar-refractivity contribution is 7.99. The van der Waals surface area contributed by atoms with E-state index in [0.29, 0.717) is 38.2 Å². The second-order valence-electron chi connectivity index (χ2n) is 5.75. The van der Waals surface area contributed by atoms with Crippen molar-refractivity contribution in [2.24, 2.45) is 5.41 Å². The molecule has 0 radical (unpaired) electrons. The summed E-state index contributed by atoms with van der Waals surface area (Å²) >= 11 is 1.58. The summed E-state index contributed by atoms with van der Waals surface area (Å²) in [6, 6.07) is 7.65. The van der Waals surface area contributed by atoms with Crippen molar-refractivity contribution in [3.05, 3.63) is 24.3 Å². The fourth-order valence-corrected chi connectivity index (χ4v) is 3.37. The van der Waals surface area contributed by atoms with Crippen molar-refractivity contribution in [1.82, 2.24) is 5.32 Å². The van der Waals surface area contributed by atoms with Crippen LogP contribution >= 0.6 is 11.8 Å². The number of amides is 1. The van der Waals surface area contributed by atoms with Gasteiger partial charge in [0.15, 0.2) is 0 Å². The molecular weight excluding hydrogens is 330 g/mol. The van der Waals surface area contributed by atoms with Crippen LogP contribution in [0.1, 0.15) is 19.3 Å². The van der Waals surface area contributed by atoms with Crippen LogP contribution in [0.5, 0.6) is 5.75 Å². The number of ether oxygens (including phenoxy) is 2. The van der Waals surface area contributed by atoms with E-state index in [1.54, 1.807) is 18.9 Å². The highest BCUT2D eigenvalue weighted by atomic mass is 32.2. The summed E-state index contributed by atoms with van der Waals surface area (Å²) < 4.78 is 10.3. The molecule has 0 unspecified atom stereocenters. The van der Waals surface area contributed by atoms with Crippen molar-refractivity contribution in [2.45, 2.75) is 24.2 Å². The molecule has 2 rings (SSSR count). The summed E-state index contributed by atoms with van der Waals surface area (Å²) in [5, 5.41) is 12.2. The second-order valence-corrected chi connectivity index (χ2v) is 6.92. The third kappa shape index (κ3) is 5.14. The van der Waals surface area contributed by atoms with E-state index in [0.717, 1.165) is 10.6 Å². The Kier molecular flexibility index (Phi) is 6.93. The molecule has 0 bridgehead atoms. The van der Waals surface area contributed by atoms with E-state index in [9.17, 15) is 14.7 Å². The summed E-state index contributed by atoms with van der Waals surface area (Å²) in [5.41, 5.74) is -0.892. The highest BCUT2D eigenvalue weighted by Gasteiger charge is 2.40. The Morgan fingerprint density at radius 2 is 1.96 bits per heavy atom. The first kappa shape index (κ1) is 18.6. The van der Waals surface area contributed by atoms with Crippen LogP contribution in [0.2, 0.25) is 0 Å². The maximum Gasteiger partial charge on any atom is 0.311 e. The largest absolute Gasteiger partial charge is 0.497 e. The van der Waals surface area contributed by atoms with Crippen LogP contribution in [-0.2, 0) is 14.3 Å². The van der Waals surface area contributed by atoms with Crippen molar-refractivity contribution in [3.8, 4) is 5.75 Å². The van der Waals surface area contributed by atoms with Gasteiger partial charge in [0.1, 0.15) is 5.75 Å². The number of carboxylic acids is 1. The van der Waals surface area contributed by atoms with Crippen LogP contribution in [0, 0.1) is 5.41 Å². The molecule has 0 saturated carbocycles. The highest BCUT2D eigenvalue weighted by Crippen LogP contribution is 2.30. The van der Waals surface area contributed by atoms with Gasteiger partial charge in [-0.2, -0.15) is 0 Å². The number of benzene rings is 1. The van der Waals surface area contributed by atoms with Crippen LogP contribution in [0.25, 0.3) is 0 Å². The van der Waals surface area contributed by atoms with E-state index in [2.05, 4.69) is 5.32 Å². The monoisotopic (exact) mass is 353 g/mol. The number of carbonyl (C=O) groups is 2. The second kappa shape index (κ2) is 8.94. The molecule has 1 aromatic carbocycles. The fourth-order valence-electron chi connectivity index (χ4n) is 2.52. The zero-order valence-electron chi connectivity index (χ0n) is 13.7. The molecule has 24 heavy (non-hydrogen) atoms. The summed E-state index contributed by atoms with van der Waals surface area (Å²) in [7, 11) is 1.62. The zero-order valence-corrected chi connectivity index (χ0v) is 14.6. The van der Waals surface area contributed by atoms with Crippen molar-refractivity contribution in [2.75, 3.05) is 32.6 Å². The first-order valence-corrected chi connectivity index (χ1v) is 8.89. The maximum absolute atomic E-state index is 12.0. The lowest BCUT2D eigenvalue weighted by molar-refractivity contribution is -0.154. The topological polar surface area (TPSA) is 84.9 Å². The summed E-state index contributed by atoms with van der Waals surface area (Å²) in [4.78, 5) is 24.6. The number of hydrogen-bond acceptors (Lipinski definition) is 5. The Morgan fingerprint density at radius 3 is 2.54 bits per heavy atom. The van der Waals surface area contributed by atoms with Crippen molar-refractivity contribution in [3.63, 3.8) is 0 Å². The predicted molar refractivity (Wildman–Crippen MR) is 91.5 cm³/mol. The van der Waals surface area contributed by atoms with Gasteiger partial charge in [-0.25, -0.2) is 0 Å². The lowest BCUT2D eigenvalue weighted by Gasteiger charge is -2.33. The molecule has 132 valence electrons. The number of rotatable bonds is 8. The summed E-state index contributed by atoms with van der Waals surface area (Å²) in [6.07, 6.45) is 1.22. The molecule has 1 aromatic rings. The normalized spacial score (nSPS) is 16.4. The number of carboxylic acid groups (broad SMARTS) is 1. The van der Waals surface area contributed by atoms with Crippen molar-refractivity contribution in [1.29, 1.82) is 0 Å². The smallest absolute Gasteiger partial charge is 0.311 e. The minimum Gasteiger partial charge on any atom is -0.497 e. The predicted octanol–water partition coefficient (Wildman–Crippen LogP) is 2.17. The molecule has 1 aliphatic rings. The molecule has 1 saturated heterocycles. The van der Waals surface area contributed by atoms with Crippen LogP contribution in [0.4, 0.5) is 0 Å². The van der Waals surface area contributed by atoms with Gasteiger partial charge < -0.3 is 19.9 Å². The third-order valence-electron chi connectivity index (χ3n) is 4.18. The van der Waals surface area contributed by atoms with Crippen molar-refractivity contribution >= 4 is 23.6 Å². The number of aliphatic carboxylic acids is 1. The third-order valence-corrected chi connectivity index (χ3v) is 5.20. The van der Waals surface area contributed by atoms with Gasteiger partial charge >= 0.3 is 5.97 Å². The van der Waals surface area contributed by atoms with Gasteiger partial charge in [0.25, 0.3) is 0 Å². The Morgan fingerprint density at radius 1 is 1.29 bits per heavy atom. The van der Waals surface area contributed by atoms with Crippen LogP contribution in [0.3, 0.4) is 0 Å². The molecule has 0 atom stereocenters. The number of hydrogen-bond donors (Lipinski definition) is 2. The summed E-state index contributed by atoms with van der Waals surface area (Å²) in [6.45, 7) is 1.02. The number of carbonyl (C=O) groups excluding carboxylic acids is 1. The SMILES string of the molecule is COc1ccc(SCCC(=O)NCC2(C(=O)O)CCOCC2)cc1. The zero-order chi connectivity index (χ0) is 17.4. The minimum atomic E-state index is -0.892. The lowest BCUT2D eigenvalue weighted by atomic mass is 9.80. The van der Waals surface area contributed by atoms with Gasteiger partial charge in [0.2, 0.25) is 5.91 Å². The quantitative estimate of drug-likeness (QED) is 0.697. The number of thioether (sulfide) groups is 1. The molecule has 0 aliphatic carbocycles. The minimum absolute atomic E-state index is 0.122. The molecule has 6 nitrogen and oxygen atoms in total. The van der Waals surface area contributed by atoms with Gasteiger partial charge in [0, 0.05) is 36.8 Å². The number of nitrogens with one attached hydrogen (secondary N) is 1. The Balaban J connectivity index is 1.73. The first-order chi connectivity index (χ1) is 11.6. The fraction of sp³-hybridized carbons (Fsp3) is 0.529. The van der Waals surface area contributed by atoms with E-state index < -0.39 is 11.4 Å². The van der Waals surface area contributed by atoms with Gasteiger partial charge in [-0.15, -0.1) is 11.8 Å². The van der Waals surface area contributed by atoms with Gasteiger partial charge in [0.05, 0.1) is 12.5 Å². The molecule has 2 N–H and O–H groups in total. The van der Waals surface area contributed by atoms with Crippen LogP contribution in [-0.4, -0.2) is 49.6 Å². The number of methoxy groups -OCH3 is 1. The van der Waals surface area contributed by atoms with E-state index in [-0.39, 0.29) is 12.5 Å². The van der Waals surface area contributed by atoms with E-state index >= 15 is 0 Å². The van der Waals surface area contributed by atoms with E-state index in [4.69, 9.17) is 9.47 Å². The van der Waals surface area contributed by atoms with E-state index in [1.165, 1.54) is 0 Å². The molecule has 1 amide bonds. The van der Waals surface area contributed by atoms with Gasteiger partial charge in [-0.1, -0.05) is 0 Å². The van der Waals surface area contributed by atoms with Gasteiger partial charge in [-0.05, 0) is 37.1 Å². The molecule has 0 aromatic heterocycles. The Labute approximate surface area is 145 Å². The van der Waals surface area contributed by atoms with Crippen LogP contribution < -0.4 is 10.1 Å². The Hall–Kier alpha value is -1.73. The Bertz CT molecular complexity index is 555. The molecule has 1 heterocycles. The average molecular weight is 353 g/mol. The molecular formula is C17H23NO5S. The molecule has 1 fully saturated rings. The average Bonchev–Trinajstić information content (AvgIpc) is 2.61. The maximum atomic E-state index is 12.0. The van der Waals surface area contributed by atoms with E-state index in [1.807, 2.05) is 24.3 Å². The standard InChI is InChI=1S/C17H23NO5S/c1-22-13-2-4-14(5-3-13)24-11-6-15(19)18-12-17(16(20)21)7-9-23-10-8-17/h2-5H,6-12H2,1H3,(H,18,19)(H,20,21). The molecule has 1 aliphatic heterocycles. The van der Waals surface area contributed by atoms with Crippen molar-refractivity contribution < 1.29 is 24.2 Å². The first-order valence-electron chi connectivity index (χ1n) is 7.90.